The van der Waals surface area contributed by atoms with E-state index in [1.807, 2.05) is 43.6 Å². The Hall–Kier alpha value is -1.80. The first-order valence-corrected chi connectivity index (χ1v) is 12.8. The molecule has 9 heteroatoms. The number of carbonyl (C=O) groups excluding carboxylic acids is 2. The van der Waals surface area contributed by atoms with E-state index in [2.05, 4.69) is 4.90 Å². The summed E-state index contributed by atoms with van der Waals surface area (Å²) in [5, 5.41) is 0. The molecule has 0 radical (unpaired) electrons. The Balaban J connectivity index is 0.00000341. The van der Waals surface area contributed by atoms with Crippen LogP contribution in [0.15, 0.2) is 36.7 Å². The van der Waals surface area contributed by atoms with Gasteiger partial charge in [0, 0.05) is 31.9 Å². The lowest BCUT2D eigenvalue weighted by molar-refractivity contribution is -0.134. The van der Waals surface area contributed by atoms with E-state index in [1.54, 1.807) is 4.90 Å². The van der Waals surface area contributed by atoms with E-state index >= 15 is 0 Å². The number of fused-ring (bicyclic) bond motifs is 1. The minimum Gasteiger partial charge on any atom is -0.354 e. The van der Waals surface area contributed by atoms with Crippen LogP contribution in [0.5, 0.6) is 0 Å². The number of sulfonamides is 1. The molecular formula is C22H34ClN3O4S. The second kappa shape index (κ2) is 11.2. The maximum Gasteiger partial charge on any atom is 0.241 e. The molecule has 174 valence electrons. The second-order valence-corrected chi connectivity index (χ2v) is 10.2. The van der Waals surface area contributed by atoms with Gasteiger partial charge in [0.25, 0.3) is 0 Å². The Labute approximate surface area is 192 Å². The standard InChI is InChI=1S/C22H33N3O4S.ClH/c1-3-11-18-21-19(25(22(18)27)30(2,28)29)13-17-24(21)20(26)12-7-6-10-16-23-14-8-4-5-9-15-23;/h4-5,8-9,14-15,18-19,21H,3,6-7,10-13,16-17H2,1-2H3;1H/t18-,19+,21-;/m0./s1. The Morgan fingerprint density at radius 2 is 1.77 bits per heavy atom. The lowest BCUT2D eigenvalue weighted by Gasteiger charge is -2.27. The number of halogens is 1. The molecule has 31 heavy (non-hydrogen) atoms. The van der Waals surface area contributed by atoms with Crippen molar-refractivity contribution in [2.75, 3.05) is 19.3 Å². The van der Waals surface area contributed by atoms with Crippen LogP contribution in [0, 0.1) is 5.92 Å². The van der Waals surface area contributed by atoms with E-state index < -0.39 is 22.0 Å². The van der Waals surface area contributed by atoms with Gasteiger partial charge in [-0.05, 0) is 37.8 Å². The zero-order chi connectivity index (χ0) is 21.7. The van der Waals surface area contributed by atoms with Gasteiger partial charge < -0.3 is 9.80 Å². The summed E-state index contributed by atoms with van der Waals surface area (Å²) in [6.07, 6.45) is 18.3. The van der Waals surface area contributed by atoms with E-state index in [-0.39, 0.29) is 30.3 Å². The number of amides is 2. The fourth-order valence-electron chi connectivity index (χ4n) is 4.86. The van der Waals surface area contributed by atoms with Crippen LogP contribution in [0.25, 0.3) is 0 Å². The second-order valence-electron chi connectivity index (χ2n) is 8.34. The Kier molecular flexibility index (Phi) is 9.18. The summed E-state index contributed by atoms with van der Waals surface area (Å²) in [5.41, 5.74) is 0. The van der Waals surface area contributed by atoms with Crippen molar-refractivity contribution < 1.29 is 18.0 Å². The van der Waals surface area contributed by atoms with Crippen LogP contribution in [-0.4, -0.2) is 65.8 Å². The molecule has 0 N–H and O–H groups in total. The molecule has 0 aromatic carbocycles. The third-order valence-corrected chi connectivity index (χ3v) is 7.31. The van der Waals surface area contributed by atoms with Crippen LogP contribution in [0.4, 0.5) is 0 Å². The molecule has 0 spiro atoms. The summed E-state index contributed by atoms with van der Waals surface area (Å²) in [6.45, 7) is 3.43. The van der Waals surface area contributed by atoms with Crippen LogP contribution in [0.3, 0.4) is 0 Å². The van der Waals surface area contributed by atoms with E-state index in [1.165, 1.54) is 0 Å². The van der Waals surface area contributed by atoms with Gasteiger partial charge in [-0.1, -0.05) is 31.9 Å². The largest absolute Gasteiger partial charge is 0.354 e. The fraction of sp³-hybridized carbons (Fsp3) is 0.636. The molecule has 2 fully saturated rings. The van der Waals surface area contributed by atoms with Crippen LogP contribution in [0.2, 0.25) is 0 Å². The maximum atomic E-state index is 12.9. The average Bonchev–Trinajstić information content (AvgIpc) is 3.08. The van der Waals surface area contributed by atoms with Crippen molar-refractivity contribution in [3.8, 4) is 0 Å². The number of unbranched alkanes of at least 4 members (excludes halogenated alkanes) is 2. The molecule has 0 unspecified atom stereocenters. The number of likely N-dealkylation sites (tertiary alicyclic amines) is 1. The smallest absolute Gasteiger partial charge is 0.241 e. The number of rotatable bonds is 9. The Morgan fingerprint density at radius 1 is 1.10 bits per heavy atom. The van der Waals surface area contributed by atoms with Crippen molar-refractivity contribution in [2.24, 2.45) is 5.92 Å². The molecule has 0 aromatic rings. The van der Waals surface area contributed by atoms with Crippen LogP contribution in [-0.2, 0) is 19.6 Å². The van der Waals surface area contributed by atoms with Gasteiger partial charge in [0.2, 0.25) is 21.8 Å². The normalized spacial score (nSPS) is 25.0. The van der Waals surface area contributed by atoms with Crippen molar-refractivity contribution in [3.05, 3.63) is 36.7 Å². The average molecular weight is 472 g/mol. The lowest BCUT2D eigenvalue weighted by Crippen LogP contribution is -2.43. The molecule has 3 rings (SSSR count). The van der Waals surface area contributed by atoms with Crippen molar-refractivity contribution in [2.45, 2.75) is 64.0 Å². The number of hydrogen-bond acceptors (Lipinski definition) is 5. The number of nitrogens with zero attached hydrogens (tertiary/aromatic N) is 3. The van der Waals surface area contributed by atoms with E-state index in [4.69, 9.17) is 0 Å². The molecule has 7 nitrogen and oxygen atoms in total. The molecule has 3 heterocycles. The van der Waals surface area contributed by atoms with Crippen LogP contribution >= 0.6 is 12.4 Å². The molecule has 0 aromatic heterocycles. The minimum atomic E-state index is -3.62. The highest BCUT2D eigenvalue weighted by Crippen LogP contribution is 2.40. The SMILES string of the molecule is CCC[C@@H]1C(=O)N(S(C)(=O)=O)[C@@H]2CCN(C(=O)CCCCCN3C=CC=CC=C3)[C@@H]12.Cl. The summed E-state index contributed by atoms with van der Waals surface area (Å²) in [7, 11) is -3.62. The van der Waals surface area contributed by atoms with Gasteiger partial charge in [0.15, 0.2) is 0 Å². The van der Waals surface area contributed by atoms with Gasteiger partial charge in [-0.25, -0.2) is 12.7 Å². The number of hydrogen-bond donors (Lipinski definition) is 0. The van der Waals surface area contributed by atoms with E-state index in [0.29, 0.717) is 25.8 Å². The maximum absolute atomic E-state index is 12.9. The Morgan fingerprint density at radius 3 is 2.39 bits per heavy atom. The van der Waals surface area contributed by atoms with Crippen LogP contribution < -0.4 is 0 Å². The van der Waals surface area contributed by atoms with Crippen molar-refractivity contribution >= 4 is 34.2 Å². The zero-order valence-electron chi connectivity index (χ0n) is 18.4. The molecular weight excluding hydrogens is 438 g/mol. The van der Waals surface area contributed by atoms with E-state index in [9.17, 15) is 18.0 Å². The quantitative estimate of drug-likeness (QED) is 0.483. The predicted molar refractivity (Wildman–Crippen MR) is 124 cm³/mol. The molecule has 0 bridgehead atoms. The summed E-state index contributed by atoms with van der Waals surface area (Å²) >= 11 is 0. The summed E-state index contributed by atoms with van der Waals surface area (Å²) in [5.74, 6) is -0.693. The van der Waals surface area contributed by atoms with Gasteiger partial charge in [0.1, 0.15) is 0 Å². The monoisotopic (exact) mass is 471 g/mol. The lowest BCUT2D eigenvalue weighted by atomic mass is 9.94. The number of carbonyl (C=O) groups is 2. The van der Waals surface area contributed by atoms with Gasteiger partial charge >= 0.3 is 0 Å². The zero-order valence-corrected chi connectivity index (χ0v) is 20.0. The summed E-state index contributed by atoms with van der Waals surface area (Å²) in [4.78, 5) is 29.6. The van der Waals surface area contributed by atoms with Crippen molar-refractivity contribution in [1.29, 1.82) is 0 Å². The highest BCUT2D eigenvalue weighted by atomic mass is 35.5. The van der Waals surface area contributed by atoms with Crippen LogP contribution in [0.1, 0.15) is 51.9 Å². The fourth-order valence-corrected chi connectivity index (χ4v) is 6.04. The topological polar surface area (TPSA) is 78.0 Å². The predicted octanol–water partition coefficient (Wildman–Crippen LogP) is 3.06. The third-order valence-electron chi connectivity index (χ3n) is 6.14. The molecule has 2 saturated heterocycles. The third kappa shape index (κ3) is 5.92. The van der Waals surface area contributed by atoms with Gasteiger partial charge in [-0.3, -0.25) is 9.59 Å². The Bertz CT molecular complexity index is 824. The molecule has 3 atom stereocenters. The first-order chi connectivity index (χ1) is 14.3. The first-order valence-electron chi connectivity index (χ1n) is 10.9. The minimum absolute atomic E-state index is 0. The summed E-state index contributed by atoms with van der Waals surface area (Å²) in [6, 6.07) is -0.706. The highest BCUT2D eigenvalue weighted by Gasteiger charge is 2.56. The highest BCUT2D eigenvalue weighted by molar-refractivity contribution is 7.88. The van der Waals surface area contributed by atoms with Gasteiger partial charge in [0.05, 0.1) is 24.3 Å². The van der Waals surface area contributed by atoms with E-state index in [0.717, 1.165) is 42.8 Å². The molecule has 0 saturated carbocycles. The van der Waals surface area contributed by atoms with Crippen molar-refractivity contribution in [3.63, 3.8) is 0 Å². The van der Waals surface area contributed by atoms with Gasteiger partial charge in [-0.2, -0.15) is 0 Å². The molecule has 3 aliphatic heterocycles. The molecule has 2 amide bonds. The van der Waals surface area contributed by atoms with Gasteiger partial charge in [-0.15, -0.1) is 12.4 Å². The molecule has 0 aliphatic carbocycles. The number of allylic oxidation sites excluding steroid dienone is 4. The summed E-state index contributed by atoms with van der Waals surface area (Å²) < 4.78 is 25.4. The molecule has 3 aliphatic rings. The first kappa shape index (κ1) is 25.5. The van der Waals surface area contributed by atoms with Crippen molar-refractivity contribution in [1.82, 2.24) is 14.1 Å².